The van der Waals surface area contributed by atoms with E-state index in [1.54, 1.807) is 0 Å². The van der Waals surface area contributed by atoms with Gasteiger partial charge in [-0.15, -0.1) is 0 Å². The molecule has 0 rings (SSSR count). The van der Waals surface area contributed by atoms with Gasteiger partial charge in [-0.05, 0) is 0 Å². The molecular weight excluding hydrogens is 168 g/mol. The van der Waals surface area contributed by atoms with E-state index in [0.717, 1.165) is 0 Å². The molecule has 28 valence electrons. The number of hydrogen-bond acceptors (Lipinski definition) is 0. The molecule has 0 saturated heterocycles. The molecule has 0 N–H and O–H groups in total. The molecule has 0 aliphatic heterocycles. The molecule has 0 atom stereocenters. The average molecular weight is 172 g/mol. The van der Waals surface area contributed by atoms with Gasteiger partial charge in [0.25, 0.3) is 0 Å². The van der Waals surface area contributed by atoms with Gasteiger partial charge in [-0.2, -0.15) is 0 Å². The standard InChI is InChI=1S/2Fe.H4Si2/c;;1-2/h;;1-2H2. The van der Waals surface area contributed by atoms with Gasteiger partial charge in [0.05, 0.1) is 0 Å². The summed E-state index contributed by atoms with van der Waals surface area (Å²) in [5, 5.41) is 0. The van der Waals surface area contributed by atoms with Crippen LogP contribution in [-0.2, 0) is 30.7 Å². The molecule has 0 aliphatic rings. The van der Waals surface area contributed by atoms with Crippen LogP contribution in [0.15, 0.2) is 0 Å². The van der Waals surface area contributed by atoms with Crippen LogP contribution >= 0.6 is 0 Å². The molecule has 4 heteroatoms. The second-order valence-electron chi connectivity index (χ2n) is 0.354. The van der Waals surface area contributed by atoms with Crippen LogP contribution in [0.5, 0.6) is 0 Å². The zero-order valence-electron chi connectivity index (χ0n) is 2.12. The Hall–Kier alpha value is 1.47. The molecule has 0 heterocycles. The van der Waals surface area contributed by atoms with Crippen molar-refractivity contribution < 1.29 is 30.7 Å². The van der Waals surface area contributed by atoms with Crippen molar-refractivity contribution in [3.63, 3.8) is 0 Å². The third-order valence-corrected chi connectivity index (χ3v) is 9.56. The van der Waals surface area contributed by atoms with Crippen molar-refractivity contribution >= 4 is 15.3 Å². The average Bonchev–Trinajstić information content (AvgIpc) is 1.37. The summed E-state index contributed by atoms with van der Waals surface area (Å²) in [6, 6.07) is 0. The first kappa shape index (κ1) is 5.47. The van der Waals surface area contributed by atoms with Crippen molar-refractivity contribution in [3.05, 3.63) is 0 Å². The summed E-state index contributed by atoms with van der Waals surface area (Å²) < 4.78 is 0. The second kappa shape index (κ2) is 4.47. The molecule has 0 unspecified atom stereocenters. The van der Waals surface area contributed by atoms with Crippen molar-refractivity contribution in [2.24, 2.45) is 0 Å². The Kier molecular flexibility index (Phi) is 6.12. The maximum absolute atomic E-state index is 3.74. The molecule has 0 radical (unpaired) electrons. The SMILES string of the molecule is [Fe][SiH2][SiH2][Fe]. The Labute approximate surface area is 46.1 Å². The third kappa shape index (κ3) is 3.47. The third-order valence-electron chi connectivity index (χ3n) is 0.0625. The summed E-state index contributed by atoms with van der Waals surface area (Å²) in [7, 11) is 0.404. The number of hydrogen-bond donors (Lipinski definition) is 0. The Morgan fingerprint density at radius 2 is 1.25 bits per heavy atom. The van der Waals surface area contributed by atoms with Gasteiger partial charge in [-0.25, -0.2) is 0 Å². The first-order chi connectivity index (χ1) is 1.91. The fraction of sp³-hybridized carbons (Fsp3) is 0. The van der Waals surface area contributed by atoms with Crippen LogP contribution in [0.4, 0.5) is 0 Å². The molecule has 0 bridgehead atoms. The van der Waals surface area contributed by atoms with Crippen LogP contribution in [0.2, 0.25) is 0 Å². The van der Waals surface area contributed by atoms with E-state index in [0.29, 0.717) is 0 Å². The van der Waals surface area contributed by atoms with Gasteiger partial charge in [0.1, 0.15) is 0 Å². The van der Waals surface area contributed by atoms with E-state index in [1.165, 1.54) is 0 Å². The summed E-state index contributed by atoms with van der Waals surface area (Å²) in [5.41, 5.74) is 0. The van der Waals surface area contributed by atoms with E-state index in [1.807, 2.05) is 0 Å². The van der Waals surface area contributed by atoms with Crippen molar-refractivity contribution in [2.45, 2.75) is 0 Å². The molecule has 0 aromatic carbocycles. The molecule has 0 aromatic heterocycles. The summed E-state index contributed by atoms with van der Waals surface area (Å²) in [6.45, 7) is 0. The molecule has 0 aliphatic carbocycles. The van der Waals surface area contributed by atoms with E-state index in [2.05, 4.69) is 30.7 Å². The zero-order valence-corrected chi connectivity index (χ0v) is 7.16. The molecule has 0 nitrogen and oxygen atoms in total. The van der Waals surface area contributed by atoms with Gasteiger partial charge in [0, 0.05) is 0 Å². The van der Waals surface area contributed by atoms with Crippen molar-refractivity contribution in [3.8, 4) is 0 Å². The van der Waals surface area contributed by atoms with Crippen LogP contribution < -0.4 is 0 Å². The summed E-state index contributed by atoms with van der Waals surface area (Å²) in [4.78, 5) is 0. The van der Waals surface area contributed by atoms with Crippen LogP contribution in [0, 0.1) is 0 Å². The second-order valence-corrected chi connectivity index (χ2v) is 13.1. The van der Waals surface area contributed by atoms with Crippen molar-refractivity contribution in [1.82, 2.24) is 0 Å². The van der Waals surface area contributed by atoms with Crippen LogP contribution in [0.1, 0.15) is 0 Å². The molecule has 0 amide bonds. The molecule has 0 fully saturated rings. The monoisotopic (exact) mass is 172 g/mol. The first-order valence-corrected chi connectivity index (χ1v) is 10.7. The van der Waals surface area contributed by atoms with Crippen LogP contribution in [-0.4, -0.2) is 15.3 Å². The van der Waals surface area contributed by atoms with Gasteiger partial charge in [0.15, 0.2) is 0 Å². The summed E-state index contributed by atoms with van der Waals surface area (Å²) in [6.07, 6.45) is 0. The van der Waals surface area contributed by atoms with E-state index >= 15 is 0 Å². The summed E-state index contributed by atoms with van der Waals surface area (Å²) in [5.74, 6) is 0. The van der Waals surface area contributed by atoms with Gasteiger partial charge in [0.2, 0.25) is 0 Å². The summed E-state index contributed by atoms with van der Waals surface area (Å²) >= 11 is 7.48. The predicted octanol–water partition coefficient (Wildman–Crippen LogP) is -1.84. The van der Waals surface area contributed by atoms with E-state index in [-0.39, 0.29) is 15.3 Å². The Morgan fingerprint density at radius 3 is 1.25 bits per heavy atom. The molecule has 0 aromatic rings. The zero-order chi connectivity index (χ0) is 3.41. The van der Waals surface area contributed by atoms with Crippen molar-refractivity contribution in [1.29, 1.82) is 0 Å². The number of rotatable bonds is 1. The van der Waals surface area contributed by atoms with Gasteiger partial charge in [-0.3, -0.25) is 0 Å². The Bertz CT molecular complexity index is 6.00. The van der Waals surface area contributed by atoms with Crippen LogP contribution in [0.3, 0.4) is 0 Å². The molecule has 0 saturated carbocycles. The fourth-order valence-corrected chi connectivity index (χ4v) is 0. The normalized spacial score (nSPS) is 13.5. The van der Waals surface area contributed by atoms with Gasteiger partial charge in [-0.1, -0.05) is 0 Å². The first-order valence-electron chi connectivity index (χ1n) is 1.000. The van der Waals surface area contributed by atoms with Gasteiger partial charge < -0.3 is 0 Å². The van der Waals surface area contributed by atoms with E-state index in [4.69, 9.17) is 0 Å². The van der Waals surface area contributed by atoms with Crippen LogP contribution in [0.25, 0.3) is 0 Å². The van der Waals surface area contributed by atoms with E-state index < -0.39 is 0 Å². The minimum atomic E-state index is 0.202. The quantitative estimate of drug-likeness (QED) is 0.408. The van der Waals surface area contributed by atoms with Crippen molar-refractivity contribution in [2.75, 3.05) is 0 Å². The Balaban J connectivity index is 1.97. The molecule has 0 spiro atoms. The minimum absolute atomic E-state index is 0.202. The van der Waals surface area contributed by atoms with Gasteiger partial charge >= 0.3 is 46.0 Å². The predicted molar refractivity (Wildman–Crippen MR) is 17.1 cm³/mol. The maximum atomic E-state index is 3.74. The Morgan fingerprint density at radius 1 is 1.00 bits per heavy atom. The fourth-order valence-electron chi connectivity index (χ4n) is 0. The molecule has 4 heavy (non-hydrogen) atoms. The van der Waals surface area contributed by atoms with E-state index in [9.17, 15) is 0 Å². The topological polar surface area (TPSA) is 0 Å². The molecular formula is H4Fe2Si2.